The van der Waals surface area contributed by atoms with Crippen LogP contribution in [-0.2, 0) is 52.2 Å². The molecule has 1 spiro atoms. The lowest BCUT2D eigenvalue weighted by molar-refractivity contribution is -0.320. The fourth-order valence-corrected chi connectivity index (χ4v) is 9.84. The topological polar surface area (TPSA) is 170 Å². The van der Waals surface area contributed by atoms with E-state index in [1.54, 1.807) is 41.9 Å². The second kappa shape index (κ2) is 16.1. The number of amides is 1. The molecule has 5 fully saturated rings. The zero-order chi connectivity index (χ0) is 40.2. The number of rotatable bonds is 8. The molecular formula is C39H66N2O13. The molecule has 1 aliphatic carbocycles. The van der Waals surface area contributed by atoms with E-state index in [-0.39, 0.29) is 36.7 Å². The molecule has 5 rings (SSSR count). The molecular weight excluding hydrogens is 704 g/mol. The molecule has 1 unspecified atom stereocenters. The van der Waals surface area contributed by atoms with Crippen molar-refractivity contribution in [3.05, 3.63) is 0 Å². The molecule has 4 saturated heterocycles. The highest BCUT2D eigenvalue weighted by atomic mass is 16.7. The van der Waals surface area contributed by atoms with Crippen molar-refractivity contribution in [1.82, 2.24) is 10.2 Å². The van der Waals surface area contributed by atoms with Gasteiger partial charge in [0.2, 0.25) is 0 Å². The first-order valence-corrected chi connectivity index (χ1v) is 19.5. The lowest BCUT2D eigenvalue weighted by Crippen LogP contribution is -2.61. The van der Waals surface area contributed by atoms with Gasteiger partial charge in [0.05, 0.1) is 47.6 Å². The summed E-state index contributed by atoms with van der Waals surface area (Å²) in [6.45, 7) is 16.6. The number of esters is 1. The zero-order valence-electron chi connectivity index (χ0n) is 34.7. The van der Waals surface area contributed by atoms with Gasteiger partial charge in [0.25, 0.3) is 0 Å². The third kappa shape index (κ3) is 7.70. The van der Waals surface area contributed by atoms with E-state index in [1.165, 1.54) is 7.11 Å². The number of hydrogen-bond acceptors (Lipinski definition) is 14. The van der Waals surface area contributed by atoms with Crippen LogP contribution in [0.1, 0.15) is 81.6 Å². The van der Waals surface area contributed by atoms with Gasteiger partial charge in [0.1, 0.15) is 18.0 Å². The number of carbonyl (C=O) groups is 3. The van der Waals surface area contributed by atoms with Gasteiger partial charge < -0.3 is 58.0 Å². The monoisotopic (exact) mass is 770 g/mol. The summed E-state index contributed by atoms with van der Waals surface area (Å²) in [5, 5.41) is 13.8. The first-order valence-electron chi connectivity index (χ1n) is 19.5. The molecule has 310 valence electrons. The van der Waals surface area contributed by atoms with Crippen LogP contribution in [0.5, 0.6) is 0 Å². The van der Waals surface area contributed by atoms with Crippen LogP contribution in [0.25, 0.3) is 0 Å². The summed E-state index contributed by atoms with van der Waals surface area (Å²) in [6, 6.07) is -0.746. The molecule has 0 bridgehead atoms. The minimum atomic E-state index is -1.19. The molecule has 5 aliphatic rings. The zero-order valence-corrected chi connectivity index (χ0v) is 34.7. The Morgan fingerprint density at radius 3 is 2.09 bits per heavy atom. The molecule has 0 aromatic carbocycles. The highest BCUT2D eigenvalue weighted by Gasteiger charge is 2.77. The second-order valence-electron chi connectivity index (χ2n) is 17.3. The fraction of sp³-hybridized carbons (Fsp3) is 0.923. The third-order valence-corrected chi connectivity index (χ3v) is 13.4. The van der Waals surface area contributed by atoms with Gasteiger partial charge in [-0.3, -0.25) is 9.59 Å². The average Bonchev–Trinajstić information content (AvgIpc) is 3.47. The summed E-state index contributed by atoms with van der Waals surface area (Å²) in [4.78, 5) is 43.5. The molecule has 4 heterocycles. The summed E-state index contributed by atoms with van der Waals surface area (Å²) in [6.07, 6.45) is -6.06. The van der Waals surface area contributed by atoms with Gasteiger partial charge in [0, 0.05) is 57.5 Å². The largest absolute Gasteiger partial charge is 0.457 e. The van der Waals surface area contributed by atoms with Crippen LogP contribution in [0.4, 0.5) is 4.79 Å². The van der Waals surface area contributed by atoms with Crippen LogP contribution < -0.4 is 5.32 Å². The first kappa shape index (κ1) is 43.2. The van der Waals surface area contributed by atoms with Gasteiger partial charge in [0.15, 0.2) is 24.3 Å². The van der Waals surface area contributed by atoms with Crippen LogP contribution in [0.15, 0.2) is 0 Å². The Balaban J connectivity index is 1.61. The van der Waals surface area contributed by atoms with Crippen molar-refractivity contribution >= 4 is 17.8 Å². The molecule has 15 nitrogen and oxygen atoms in total. The lowest BCUT2D eigenvalue weighted by atomic mass is 9.75. The number of Topliss-reactive ketones (excluding diaryl/α,β-unsaturated/α-hetero) is 1. The molecule has 1 saturated carbocycles. The summed E-state index contributed by atoms with van der Waals surface area (Å²) in [7, 11) is 8.72. The summed E-state index contributed by atoms with van der Waals surface area (Å²) in [5.41, 5.74) is -3.33. The molecule has 2 N–H and O–H groups in total. The highest BCUT2D eigenvalue weighted by molar-refractivity contribution is 5.86. The van der Waals surface area contributed by atoms with Crippen molar-refractivity contribution in [3.63, 3.8) is 0 Å². The molecule has 0 aromatic heterocycles. The molecule has 19 atom stereocenters. The minimum Gasteiger partial charge on any atom is -0.457 e. The van der Waals surface area contributed by atoms with Gasteiger partial charge in [-0.2, -0.15) is 0 Å². The molecule has 0 radical (unpaired) electrons. The van der Waals surface area contributed by atoms with E-state index in [0.717, 1.165) is 6.42 Å². The van der Waals surface area contributed by atoms with Crippen LogP contribution in [0, 0.1) is 29.6 Å². The van der Waals surface area contributed by atoms with E-state index >= 15 is 0 Å². The fourth-order valence-electron chi connectivity index (χ4n) is 9.84. The van der Waals surface area contributed by atoms with Gasteiger partial charge in [-0.15, -0.1) is 0 Å². The van der Waals surface area contributed by atoms with E-state index in [2.05, 4.69) is 10.2 Å². The van der Waals surface area contributed by atoms with Gasteiger partial charge in [-0.25, -0.2) is 4.79 Å². The number of ether oxygens (including phenoxy) is 9. The van der Waals surface area contributed by atoms with Crippen molar-refractivity contribution in [3.8, 4) is 0 Å². The maximum atomic E-state index is 14.4. The van der Waals surface area contributed by atoms with E-state index in [0.29, 0.717) is 0 Å². The Morgan fingerprint density at radius 1 is 0.852 bits per heavy atom. The Morgan fingerprint density at radius 2 is 1.50 bits per heavy atom. The third-order valence-electron chi connectivity index (χ3n) is 13.4. The maximum Gasteiger partial charge on any atom is 0.408 e. The van der Waals surface area contributed by atoms with E-state index < -0.39 is 108 Å². The van der Waals surface area contributed by atoms with Crippen LogP contribution in [0.3, 0.4) is 0 Å². The van der Waals surface area contributed by atoms with Gasteiger partial charge >= 0.3 is 12.1 Å². The predicted molar refractivity (Wildman–Crippen MR) is 194 cm³/mol. The van der Waals surface area contributed by atoms with Crippen LogP contribution in [-0.4, -0.2) is 147 Å². The number of alkyl carbamates (subject to hydrolysis) is 1. The van der Waals surface area contributed by atoms with Crippen molar-refractivity contribution in [2.24, 2.45) is 29.6 Å². The predicted octanol–water partition coefficient (Wildman–Crippen LogP) is 3.07. The Hall–Kier alpha value is -1.95. The number of hydrogen-bond donors (Lipinski definition) is 2. The van der Waals surface area contributed by atoms with Crippen LogP contribution in [0.2, 0.25) is 0 Å². The Labute approximate surface area is 320 Å². The number of aliphatic hydroxyl groups is 1. The van der Waals surface area contributed by atoms with E-state index in [4.69, 9.17) is 42.6 Å². The SMILES string of the molecule is CO[C@H]1[C@H](O[C@@H]2[C@@H](C)[C@H](O[C@H]3C[C@@](C)(OC)[C@@H](O)[C@H](C)O3)[C@@H](C)C(=O)O[C@@H]3C(C)[C@@]34OC(=O)N[C@@H]4[C@@H](C)C(=O)[C@H](C)C[C@]2(C)OC)O[C@H](C)C[C@@H]1N(C)C. The first-order chi connectivity index (χ1) is 25.2. The normalized spacial score (nSPS) is 50.3. The van der Waals surface area contributed by atoms with Crippen molar-refractivity contribution in [1.29, 1.82) is 0 Å². The van der Waals surface area contributed by atoms with Crippen LogP contribution >= 0.6 is 0 Å². The van der Waals surface area contributed by atoms with Crippen molar-refractivity contribution in [2.45, 2.75) is 166 Å². The highest BCUT2D eigenvalue weighted by Crippen LogP contribution is 2.56. The summed E-state index contributed by atoms with van der Waals surface area (Å²) < 4.78 is 56.9. The molecule has 1 amide bonds. The van der Waals surface area contributed by atoms with E-state index in [9.17, 15) is 19.5 Å². The summed E-state index contributed by atoms with van der Waals surface area (Å²) >= 11 is 0. The number of aliphatic hydroxyl groups excluding tert-OH is 1. The number of nitrogens with one attached hydrogen (secondary N) is 1. The quantitative estimate of drug-likeness (QED) is 0.346. The average molecular weight is 771 g/mol. The Kier molecular flexibility index (Phi) is 12.9. The molecule has 54 heavy (non-hydrogen) atoms. The van der Waals surface area contributed by atoms with Crippen molar-refractivity contribution in [2.75, 3.05) is 35.4 Å². The minimum absolute atomic E-state index is 0.0337. The smallest absolute Gasteiger partial charge is 0.408 e. The summed E-state index contributed by atoms with van der Waals surface area (Å²) in [5.74, 6) is -3.79. The number of ketones is 1. The van der Waals surface area contributed by atoms with Gasteiger partial charge in [-0.1, -0.05) is 27.7 Å². The Bertz CT molecular complexity index is 1370. The molecule has 4 aliphatic heterocycles. The number of likely N-dealkylation sites (N-methyl/N-ethyl adjacent to an activating group) is 1. The maximum absolute atomic E-state index is 14.4. The second-order valence-corrected chi connectivity index (χ2v) is 17.3. The standard InChI is InChI=1S/C39H66N2O13/c1-18-16-38(9,48-14)32(53-35-29(46-12)25(41(10)11)15-19(2)49-35)21(4)28(51-26-17-37(8,47-13)31(43)24(7)50-26)22(5)34(44)52-33-23(6)39(33)30(20(3)27(18)42)40-36(45)54-39/h18-26,28-33,35,43H,15-17H2,1-14H3,(H,40,45)/t18-,19-,20+,21+,22-,23?,24+,25+,26+,28+,29-,30-,31+,32-,33-,35+,37-,38+,39+/m1/s1. The lowest BCUT2D eigenvalue weighted by Gasteiger charge is -2.50. The van der Waals surface area contributed by atoms with Crippen molar-refractivity contribution < 1.29 is 62.1 Å². The number of carbonyl (C=O) groups excluding carboxylic acids is 3. The van der Waals surface area contributed by atoms with E-state index in [1.807, 2.05) is 48.7 Å². The van der Waals surface area contributed by atoms with Gasteiger partial charge in [-0.05, 0) is 61.6 Å². The molecule has 15 heteroatoms. The molecule has 0 aromatic rings. The number of methoxy groups -OCH3 is 3. The number of nitrogens with zero attached hydrogens (tertiary/aromatic N) is 1.